The molecule has 0 unspecified atom stereocenters. The quantitative estimate of drug-likeness (QED) is 0.173. The van der Waals surface area contributed by atoms with Gasteiger partial charge in [0, 0.05) is 22.1 Å². The molecule has 0 aliphatic heterocycles. The minimum atomic E-state index is -0.0819. The van der Waals surface area contributed by atoms with E-state index in [4.69, 9.17) is 15.0 Å². The summed E-state index contributed by atoms with van der Waals surface area (Å²) in [5.41, 5.74) is 15.0. The molecule has 0 saturated carbocycles. The normalized spacial score (nSPS) is 12.7. The lowest BCUT2D eigenvalue weighted by molar-refractivity contribution is 0.660. The fourth-order valence-electron chi connectivity index (χ4n) is 8.54. The number of hydrogen-bond donors (Lipinski definition) is 0. The Kier molecular flexibility index (Phi) is 7.81. The second-order valence-electron chi connectivity index (χ2n) is 14.7. The Bertz CT molecular complexity index is 2790. The third kappa shape index (κ3) is 5.47. The summed E-state index contributed by atoms with van der Waals surface area (Å²) in [5, 5.41) is 2.26. The van der Waals surface area contributed by atoms with Crippen LogP contribution in [0, 0.1) is 0 Å². The standard InChI is InChI=1S/C52H37N3/c1-52(2)46-30-16-15-28-45(46)48-41(29-17-31-47(48)52)40-32-33-44(39-25-12-11-24-38(39)40)51-54-49(42-26-13-9-22-36(42)34-18-5-3-6-19-34)53-50(55-51)43-27-14-10-23-37(43)35-20-7-4-8-21-35/h3-33H,1-2H3. The molecule has 0 amide bonds. The lowest BCUT2D eigenvalue weighted by Gasteiger charge is -2.21. The summed E-state index contributed by atoms with van der Waals surface area (Å²) in [5.74, 6) is 1.91. The van der Waals surface area contributed by atoms with Crippen molar-refractivity contribution in [2.75, 3.05) is 0 Å². The first-order valence-corrected chi connectivity index (χ1v) is 18.9. The second kappa shape index (κ2) is 13.2. The largest absolute Gasteiger partial charge is 0.208 e. The van der Waals surface area contributed by atoms with E-state index in [2.05, 4.69) is 190 Å². The number of rotatable bonds is 6. The van der Waals surface area contributed by atoms with Crippen LogP contribution in [0.25, 0.3) is 89.4 Å². The van der Waals surface area contributed by atoms with E-state index < -0.39 is 0 Å². The monoisotopic (exact) mass is 703 g/mol. The van der Waals surface area contributed by atoms with E-state index in [1.807, 2.05) is 12.1 Å². The van der Waals surface area contributed by atoms with Crippen molar-refractivity contribution >= 4 is 10.8 Å². The van der Waals surface area contributed by atoms with E-state index in [1.165, 1.54) is 33.4 Å². The summed E-state index contributed by atoms with van der Waals surface area (Å²) in [6.45, 7) is 4.68. The zero-order chi connectivity index (χ0) is 36.9. The first-order chi connectivity index (χ1) is 27.1. The molecule has 1 aromatic heterocycles. The molecular weight excluding hydrogens is 667 g/mol. The highest BCUT2D eigenvalue weighted by Crippen LogP contribution is 2.53. The lowest BCUT2D eigenvalue weighted by atomic mass is 9.81. The van der Waals surface area contributed by atoms with Crippen LogP contribution in [0.4, 0.5) is 0 Å². The van der Waals surface area contributed by atoms with Crippen LogP contribution in [0.3, 0.4) is 0 Å². The minimum absolute atomic E-state index is 0.0819. The van der Waals surface area contributed by atoms with Gasteiger partial charge in [-0.05, 0) is 72.5 Å². The van der Waals surface area contributed by atoms with Crippen molar-refractivity contribution in [3.05, 3.63) is 199 Å². The van der Waals surface area contributed by atoms with Crippen molar-refractivity contribution in [3.8, 4) is 78.7 Å². The molecule has 8 aromatic carbocycles. The molecule has 1 aliphatic carbocycles. The first kappa shape index (κ1) is 32.7. The second-order valence-corrected chi connectivity index (χ2v) is 14.7. The minimum Gasteiger partial charge on any atom is -0.208 e. The molecule has 0 radical (unpaired) electrons. The summed E-state index contributed by atoms with van der Waals surface area (Å²) in [4.78, 5) is 15.9. The van der Waals surface area contributed by atoms with Gasteiger partial charge in [-0.25, -0.2) is 15.0 Å². The maximum absolute atomic E-state index is 5.32. The third-order valence-corrected chi connectivity index (χ3v) is 11.2. The van der Waals surface area contributed by atoms with Gasteiger partial charge in [-0.3, -0.25) is 0 Å². The Morgan fingerprint density at radius 3 is 1.27 bits per heavy atom. The molecule has 3 heteroatoms. The third-order valence-electron chi connectivity index (χ3n) is 11.2. The van der Waals surface area contributed by atoms with Gasteiger partial charge in [0.25, 0.3) is 0 Å². The highest BCUT2D eigenvalue weighted by Gasteiger charge is 2.36. The lowest BCUT2D eigenvalue weighted by Crippen LogP contribution is -2.14. The smallest absolute Gasteiger partial charge is 0.164 e. The Morgan fingerprint density at radius 1 is 0.291 bits per heavy atom. The van der Waals surface area contributed by atoms with Crippen LogP contribution in [0.5, 0.6) is 0 Å². The molecule has 55 heavy (non-hydrogen) atoms. The fourth-order valence-corrected chi connectivity index (χ4v) is 8.54. The molecular formula is C52H37N3. The molecule has 0 spiro atoms. The molecule has 3 nitrogen and oxygen atoms in total. The van der Waals surface area contributed by atoms with E-state index in [0.29, 0.717) is 17.5 Å². The molecule has 1 heterocycles. The van der Waals surface area contributed by atoms with Gasteiger partial charge in [0.1, 0.15) is 0 Å². The van der Waals surface area contributed by atoms with Crippen LogP contribution in [-0.2, 0) is 5.41 Å². The Morgan fingerprint density at radius 2 is 0.691 bits per heavy atom. The van der Waals surface area contributed by atoms with Gasteiger partial charge < -0.3 is 0 Å². The van der Waals surface area contributed by atoms with E-state index in [0.717, 1.165) is 49.7 Å². The zero-order valence-corrected chi connectivity index (χ0v) is 30.7. The first-order valence-electron chi connectivity index (χ1n) is 18.9. The molecule has 1 aliphatic rings. The molecule has 0 atom stereocenters. The van der Waals surface area contributed by atoms with E-state index in [9.17, 15) is 0 Å². The van der Waals surface area contributed by atoms with Gasteiger partial charge in [-0.1, -0.05) is 196 Å². The molecule has 0 N–H and O–H groups in total. The molecule has 0 saturated heterocycles. The van der Waals surface area contributed by atoms with Crippen molar-refractivity contribution in [3.63, 3.8) is 0 Å². The maximum atomic E-state index is 5.32. The average Bonchev–Trinajstić information content (AvgIpc) is 3.49. The van der Waals surface area contributed by atoms with Crippen LogP contribution < -0.4 is 0 Å². The van der Waals surface area contributed by atoms with Crippen molar-refractivity contribution in [2.24, 2.45) is 0 Å². The van der Waals surface area contributed by atoms with Crippen molar-refractivity contribution in [1.29, 1.82) is 0 Å². The van der Waals surface area contributed by atoms with Crippen molar-refractivity contribution in [2.45, 2.75) is 19.3 Å². The molecule has 0 fully saturated rings. The van der Waals surface area contributed by atoms with E-state index in [1.54, 1.807) is 0 Å². The summed E-state index contributed by atoms with van der Waals surface area (Å²) in [6.07, 6.45) is 0. The predicted molar refractivity (Wildman–Crippen MR) is 228 cm³/mol. The van der Waals surface area contributed by atoms with Crippen LogP contribution in [0.15, 0.2) is 188 Å². The predicted octanol–water partition coefficient (Wildman–Crippen LogP) is 13.3. The van der Waals surface area contributed by atoms with Gasteiger partial charge >= 0.3 is 0 Å². The van der Waals surface area contributed by atoms with E-state index in [-0.39, 0.29) is 5.41 Å². The molecule has 10 rings (SSSR count). The van der Waals surface area contributed by atoms with Crippen molar-refractivity contribution in [1.82, 2.24) is 15.0 Å². The van der Waals surface area contributed by atoms with Crippen LogP contribution in [0.1, 0.15) is 25.0 Å². The van der Waals surface area contributed by atoms with Gasteiger partial charge in [0.15, 0.2) is 17.5 Å². The number of benzene rings is 8. The average molecular weight is 704 g/mol. The van der Waals surface area contributed by atoms with Crippen LogP contribution in [0.2, 0.25) is 0 Å². The Balaban J connectivity index is 1.21. The van der Waals surface area contributed by atoms with Gasteiger partial charge in [0.05, 0.1) is 0 Å². The zero-order valence-electron chi connectivity index (χ0n) is 30.7. The maximum Gasteiger partial charge on any atom is 0.164 e. The Hall–Kier alpha value is -6.97. The van der Waals surface area contributed by atoms with Gasteiger partial charge in [0.2, 0.25) is 0 Å². The number of hydrogen-bond acceptors (Lipinski definition) is 3. The van der Waals surface area contributed by atoms with Gasteiger partial charge in [-0.15, -0.1) is 0 Å². The fraction of sp³-hybridized carbons (Fsp3) is 0.0577. The molecule has 0 bridgehead atoms. The van der Waals surface area contributed by atoms with Crippen LogP contribution >= 0.6 is 0 Å². The highest BCUT2D eigenvalue weighted by molar-refractivity contribution is 6.07. The van der Waals surface area contributed by atoms with E-state index >= 15 is 0 Å². The Labute approximate surface area is 321 Å². The highest BCUT2D eigenvalue weighted by atomic mass is 15.0. The van der Waals surface area contributed by atoms with Crippen LogP contribution in [-0.4, -0.2) is 15.0 Å². The summed E-state index contributed by atoms with van der Waals surface area (Å²) in [7, 11) is 0. The SMILES string of the molecule is CC1(C)c2ccccc2-c2c(-c3ccc(-c4nc(-c5ccccc5-c5ccccc5)nc(-c5ccccc5-c5ccccc5)n4)c4ccccc34)cccc21. The topological polar surface area (TPSA) is 38.7 Å². The number of nitrogens with zero attached hydrogens (tertiary/aromatic N) is 3. The number of fused-ring (bicyclic) bond motifs is 4. The van der Waals surface area contributed by atoms with Gasteiger partial charge in [-0.2, -0.15) is 0 Å². The number of aromatic nitrogens is 3. The molecule has 9 aromatic rings. The summed E-state index contributed by atoms with van der Waals surface area (Å²) >= 11 is 0. The summed E-state index contributed by atoms with van der Waals surface area (Å²) < 4.78 is 0. The summed E-state index contributed by atoms with van der Waals surface area (Å²) in [6, 6.07) is 66.5. The van der Waals surface area contributed by atoms with Crippen molar-refractivity contribution < 1.29 is 0 Å². The molecule has 260 valence electrons.